The lowest BCUT2D eigenvalue weighted by molar-refractivity contribution is -0.381. The Hall–Kier alpha value is -0.280. The highest BCUT2D eigenvalue weighted by Crippen LogP contribution is 2.56. The third-order valence-electron chi connectivity index (χ3n) is 1.54. The zero-order valence-corrected chi connectivity index (χ0v) is 8.75. The van der Waals surface area contributed by atoms with E-state index in [0.717, 1.165) is 0 Å². The van der Waals surface area contributed by atoms with Gasteiger partial charge in [0, 0.05) is 0 Å². The number of rotatable bonds is 5. The topological polar surface area (TPSA) is 0 Å². The van der Waals surface area contributed by atoms with E-state index in [9.17, 15) is 39.5 Å². The number of thioether (sulfide) groups is 1. The first kappa shape index (κ1) is 16.7. The molecule has 0 heterocycles. The van der Waals surface area contributed by atoms with Crippen molar-refractivity contribution in [1.82, 2.24) is 0 Å². The lowest BCUT2D eigenvalue weighted by Crippen LogP contribution is -2.59. The molecule has 0 aromatic carbocycles. The van der Waals surface area contributed by atoms with Crippen molar-refractivity contribution >= 4 is 11.8 Å². The van der Waals surface area contributed by atoms with Crippen LogP contribution >= 0.6 is 11.8 Å². The van der Waals surface area contributed by atoms with Crippen LogP contribution in [0.4, 0.5) is 39.5 Å². The van der Waals surface area contributed by atoms with Gasteiger partial charge >= 0.3 is 23.3 Å². The summed E-state index contributed by atoms with van der Waals surface area (Å²) in [6.45, 7) is 2.97. The minimum atomic E-state index is -6.81. The SMILES string of the molecule is [CH2]CCSC(F)(F)C(F)(F)C(F)(F)C(F)(F)F. The first-order chi connectivity index (χ1) is 7.31. The third-order valence-corrected chi connectivity index (χ3v) is 2.66. The number of hydrogen-bond acceptors (Lipinski definition) is 1. The van der Waals surface area contributed by atoms with Gasteiger partial charge in [-0.15, -0.1) is 0 Å². The molecule has 0 saturated carbocycles. The van der Waals surface area contributed by atoms with Crippen molar-refractivity contribution in [3.05, 3.63) is 6.92 Å². The number of alkyl halides is 9. The van der Waals surface area contributed by atoms with Crippen LogP contribution in [-0.2, 0) is 0 Å². The van der Waals surface area contributed by atoms with Crippen molar-refractivity contribution in [2.24, 2.45) is 0 Å². The highest BCUT2D eigenvalue weighted by atomic mass is 32.2. The van der Waals surface area contributed by atoms with Crippen LogP contribution < -0.4 is 0 Å². The molecule has 10 heteroatoms. The summed E-state index contributed by atoms with van der Waals surface area (Å²) in [5.41, 5.74) is 0. The molecule has 103 valence electrons. The van der Waals surface area contributed by atoms with E-state index in [1.807, 2.05) is 0 Å². The van der Waals surface area contributed by atoms with Gasteiger partial charge in [0.1, 0.15) is 0 Å². The predicted molar refractivity (Wildman–Crippen MR) is 43.3 cm³/mol. The predicted octanol–water partition coefficient (Wildman–Crippen LogP) is 4.37. The van der Waals surface area contributed by atoms with Crippen molar-refractivity contribution in [3.8, 4) is 0 Å². The zero-order valence-electron chi connectivity index (χ0n) is 7.93. The van der Waals surface area contributed by atoms with E-state index >= 15 is 0 Å². The Labute approximate surface area is 94.5 Å². The molecule has 0 spiro atoms. The lowest BCUT2D eigenvalue weighted by atomic mass is 10.1. The second-order valence-electron chi connectivity index (χ2n) is 2.87. The molecular weight excluding hydrogens is 287 g/mol. The maximum atomic E-state index is 12.6. The van der Waals surface area contributed by atoms with Gasteiger partial charge in [0.15, 0.2) is 0 Å². The summed E-state index contributed by atoms with van der Waals surface area (Å²) < 4.78 is 110. The van der Waals surface area contributed by atoms with Crippen LogP contribution in [0.25, 0.3) is 0 Å². The Balaban J connectivity index is 5.24. The first-order valence-electron chi connectivity index (χ1n) is 3.94. The molecule has 0 aliphatic rings. The van der Waals surface area contributed by atoms with Gasteiger partial charge in [-0.1, -0.05) is 18.7 Å². The van der Waals surface area contributed by atoms with Crippen molar-refractivity contribution in [2.75, 3.05) is 5.75 Å². The minimum Gasteiger partial charge on any atom is -0.191 e. The van der Waals surface area contributed by atoms with Crippen LogP contribution in [0.2, 0.25) is 0 Å². The standard InChI is InChI=1S/C7H6F9S/c1-2-3-17-7(15,16)5(10,11)4(8,9)6(12,13)14/h1-3H2. The Morgan fingerprint density at radius 1 is 0.765 bits per heavy atom. The van der Waals surface area contributed by atoms with Crippen LogP contribution in [0.3, 0.4) is 0 Å². The molecule has 0 aromatic rings. The summed E-state index contributed by atoms with van der Waals surface area (Å²) in [6.07, 6.45) is -7.08. The number of hydrogen-bond donors (Lipinski definition) is 0. The number of halogens is 9. The quantitative estimate of drug-likeness (QED) is 0.678. The molecule has 0 unspecified atom stereocenters. The van der Waals surface area contributed by atoms with Gasteiger partial charge < -0.3 is 0 Å². The Morgan fingerprint density at radius 3 is 1.47 bits per heavy atom. The highest BCUT2D eigenvalue weighted by Gasteiger charge is 2.81. The van der Waals surface area contributed by atoms with E-state index in [1.165, 1.54) is 0 Å². The van der Waals surface area contributed by atoms with E-state index in [0.29, 0.717) is 0 Å². The molecule has 0 amide bonds. The molecule has 0 aromatic heterocycles. The fourth-order valence-corrected chi connectivity index (χ4v) is 1.36. The Kier molecular flexibility index (Phi) is 4.69. The van der Waals surface area contributed by atoms with E-state index in [1.54, 1.807) is 0 Å². The molecule has 0 atom stereocenters. The molecule has 0 rings (SSSR count). The van der Waals surface area contributed by atoms with Crippen LogP contribution in [0, 0.1) is 6.92 Å². The third kappa shape index (κ3) is 2.94. The van der Waals surface area contributed by atoms with Crippen LogP contribution in [0.5, 0.6) is 0 Å². The molecule has 0 saturated heterocycles. The smallest absolute Gasteiger partial charge is 0.191 e. The van der Waals surface area contributed by atoms with Crippen LogP contribution in [-0.4, -0.2) is 29.0 Å². The van der Waals surface area contributed by atoms with Crippen molar-refractivity contribution in [3.63, 3.8) is 0 Å². The van der Waals surface area contributed by atoms with Crippen LogP contribution in [0.1, 0.15) is 6.42 Å². The average molecular weight is 293 g/mol. The Morgan fingerprint density at radius 2 is 1.18 bits per heavy atom. The summed E-state index contributed by atoms with van der Waals surface area (Å²) in [5.74, 6) is -14.1. The molecule has 0 fully saturated rings. The second-order valence-corrected chi connectivity index (χ2v) is 4.07. The molecular formula is C7H6F9S. The lowest BCUT2D eigenvalue weighted by Gasteiger charge is -2.33. The molecule has 0 aliphatic carbocycles. The van der Waals surface area contributed by atoms with Crippen molar-refractivity contribution in [1.29, 1.82) is 0 Å². The Bertz CT molecular complexity index is 257. The summed E-state index contributed by atoms with van der Waals surface area (Å²) in [5, 5.41) is -5.54. The average Bonchev–Trinajstić information content (AvgIpc) is 2.12. The fourth-order valence-electron chi connectivity index (χ4n) is 0.652. The van der Waals surface area contributed by atoms with Crippen LogP contribution in [0.15, 0.2) is 0 Å². The molecule has 1 radical (unpaired) electrons. The maximum Gasteiger partial charge on any atom is 0.460 e. The highest BCUT2D eigenvalue weighted by molar-refractivity contribution is 8.00. The largest absolute Gasteiger partial charge is 0.460 e. The van der Waals surface area contributed by atoms with Gasteiger partial charge in [-0.3, -0.25) is 0 Å². The molecule has 0 bridgehead atoms. The van der Waals surface area contributed by atoms with Crippen molar-refractivity contribution in [2.45, 2.75) is 29.7 Å². The molecule has 17 heavy (non-hydrogen) atoms. The van der Waals surface area contributed by atoms with Gasteiger partial charge in [0.25, 0.3) is 0 Å². The summed E-state index contributed by atoms with van der Waals surface area (Å²) in [7, 11) is 0. The molecule has 0 N–H and O–H groups in total. The second kappa shape index (κ2) is 4.77. The maximum absolute atomic E-state index is 12.6. The summed E-state index contributed by atoms with van der Waals surface area (Å²) in [6, 6.07) is 0. The van der Waals surface area contributed by atoms with Gasteiger partial charge in [-0.25, -0.2) is 0 Å². The van der Waals surface area contributed by atoms with Gasteiger partial charge in [0.2, 0.25) is 0 Å². The van der Waals surface area contributed by atoms with E-state index in [-0.39, 0.29) is 6.42 Å². The first-order valence-corrected chi connectivity index (χ1v) is 4.93. The minimum absolute atomic E-state index is 0.325. The van der Waals surface area contributed by atoms with E-state index < -0.39 is 40.8 Å². The van der Waals surface area contributed by atoms with E-state index in [2.05, 4.69) is 6.92 Å². The fraction of sp³-hybridized carbons (Fsp3) is 0.857. The van der Waals surface area contributed by atoms with Gasteiger partial charge in [-0.05, 0) is 12.2 Å². The van der Waals surface area contributed by atoms with E-state index in [4.69, 9.17) is 0 Å². The summed E-state index contributed by atoms with van der Waals surface area (Å²) in [4.78, 5) is 0. The normalized spacial score (nSPS) is 15.2. The van der Waals surface area contributed by atoms with Gasteiger partial charge in [0.05, 0.1) is 0 Å². The molecule has 0 aliphatic heterocycles. The zero-order chi connectivity index (χ0) is 14.1. The monoisotopic (exact) mass is 293 g/mol. The van der Waals surface area contributed by atoms with Crippen molar-refractivity contribution < 1.29 is 39.5 Å². The van der Waals surface area contributed by atoms with Gasteiger partial charge in [-0.2, -0.15) is 39.5 Å². The molecule has 0 nitrogen and oxygen atoms in total. The summed E-state index contributed by atoms with van der Waals surface area (Å²) >= 11 is -0.997.